The quantitative estimate of drug-likeness (QED) is 0.479. The molecule has 0 unspecified atom stereocenters. The van der Waals surface area contributed by atoms with Crippen molar-refractivity contribution in [2.75, 3.05) is 13.6 Å². The predicted molar refractivity (Wildman–Crippen MR) is 108 cm³/mol. The zero-order valence-corrected chi connectivity index (χ0v) is 17.2. The van der Waals surface area contributed by atoms with Crippen LogP contribution in [0.4, 0.5) is 5.69 Å². The number of hydrogen-bond acceptors (Lipinski definition) is 4. The molecule has 1 aromatic heterocycles. The fraction of sp³-hybridized carbons (Fsp3) is 0.500. The van der Waals surface area contributed by atoms with Crippen molar-refractivity contribution in [3.63, 3.8) is 0 Å². The summed E-state index contributed by atoms with van der Waals surface area (Å²) in [4.78, 5) is 6.71. The molecule has 0 atom stereocenters. The van der Waals surface area contributed by atoms with Gasteiger partial charge in [0.15, 0.2) is 5.06 Å². The number of ether oxygens (including phenoxy) is 1. The van der Waals surface area contributed by atoms with Gasteiger partial charge in [-0.15, -0.1) is 0 Å². The molecule has 0 amide bonds. The molecule has 0 saturated heterocycles. The van der Waals surface area contributed by atoms with E-state index in [1.54, 1.807) is 0 Å². The first-order chi connectivity index (χ1) is 11.7. The highest BCUT2D eigenvalue weighted by Gasteiger charge is 2.18. The Labute approximate surface area is 155 Å². The van der Waals surface area contributed by atoms with Gasteiger partial charge in [0.25, 0.3) is 0 Å². The normalized spacial score (nSPS) is 12.0. The van der Waals surface area contributed by atoms with Gasteiger partial charge in [0, 0.05) is 36.6 Å². The smallest absolute Gasteiger partial charge is 0.200 e. The van der Waals surface area contributed by atoms with Gasteiger partial charge >= 0.3 is 0 Å². The minimum atomic E-state index is 0.0339. The first-order valence-electron chi connectivity index (χ1n) is 8.71. The molecule has 25 heavy (non-hydrogen) atoms. The minimum absolute atomic E-state index is 0.0339. The largest absolute Gasteiger partial charge is 0.445 e. The molecule has 0 spiro atoms. The van der Waals surface area contributed by atoms with Crippen LogP contribution in [0.5, 0.6) is 10.8 Å². The van der Waals surface area contributed by atoms with Crippen molar-refractivity contribution >= 4 is 23.6 Å². The van der Waals surface area contributed by atoms with E-state index >= 15 is 0 Å². The average Bonchev–Trinajstić information content (AvgIpc) is 2.98. The van der Waals surface area contributed by atoms with Crippen LogP contribution in [0, 0.1) is 13.8 Å². The lowest BCUT2D eigenvalue weighted by Gasteiger charge is -2.14. The molecule has 1 heterocycles. The highest BCUT2D eigenvalue weighted by Crippen LogP contribution is 2.35. The molecule has 0 aliphatic carbocycles. The summed E-state index contributed by atoms with van der Waals surface area (Å²) >= 11 is 1.40. The number of rotatable bonds is 6. The minimum Gasteiger partial charge on any atom is -0.445 e. The molecule has 2 aromatic rings. The van der Waals surface area contributed by atoms with Crippen molar-refractivity contribution in [1.29, 1.82) is 0 Å². The van der Waals surface area contributed by atoms with Crippen molar-refractivity contribution in [1.82, 2.24) is 9.27 Å². The molecule has 0 aliphatic rings. The summed E-state index contributed by atoms with van der Waals surface area (Å²) in [5.74, 6) is 0.863. The van der Waals surface area contributed by atoms with E-state index in [9.17, 15) is 0 Å². The van der Waals surface area contributed by atoms with Crippen LogP contribution in [0.1, 0.15) is 50.9 Å². The second-order valence-corrected chi connectivity index (χ2v) is 8.28. The number of aryl methyl sites for hydroxylation is 2. The van der Waals surface area contributed by atoms with Crippen molar-refractivity contribution in [3.8, 4) is 10.8 Å². The molecular weight excluding hydrogens is 330 g/mol. The Kier molecular flexibility index (Phi) is 6.22. The molecule has 1 aromatic carbocycles. The molecule has 136 valence electrons. The lowest BCUT2D eigenvalue weighted by molar-refractivity contribution is 0.489. The van der Waals surface area contributed by atoms with Crippen LogP contribution < -0.4 is 4.74 Å². The van der Waals surface area contributed by atoms with Gasteiger partial charge in [-0.3, -0.25) is 0 Å². The fourth-order valence-corrected chi connectivity index (χ4v) is 3.17. The molecular formula is C20H29N3OS. The predicted octanol–water partition coefficient (Wildman–Crippen LogP) is 5.85. The topological polar surface area (TPSA) is 37.7 Å². The Morgan fingerprint density at radius 3 is 2.52 bits per heavy atom. The third kappa shape index (κ3) is 5.30. The lowest BCUT2D eigenvalue weighted by Crippen LogP contribution is -2.16. The van der Waals surface area contributed by atoms with Crippen LogP contribution in [0.15, 0.2) is 23.2 Å². The summed E-state index contributed by atoms with van der Waals surface area (Å²) in [6, 6.07) is 6.16. The number of nitrogens with zero attached hydrogens (tertiary/aromatic N) is 3. The molecule has 0 fully saturated rings. The van der Waals surface area contributed by atoms with E-state index in [0.29, 0.717) is 0 Å². The van der Waals surface area contributed by atoms with Gasteiger partial charge in [-0.2, -0.15) is 4.37 Å². The Bertz CT molecular complexity index is 744. The summed E-state index contributed by atoms with van der Waals surface area (Å²) in [5.41, 5.74) is 4.24. The lowest BCUT2D eigenvalue weighted by atomic mass is 9.93. The second kappa shape index (κ2) is 8.00. The van der Waals surface area contributed by atoms with E-state index in [0.717, 1.165) is 46.3 Å². The van der Waals surface area contributed by atoms with Gasteiger partial charge in [-0.05, 0) is 43.5 Å². The van der Waals surface area contributed by atoms with Crippen molar-refractivity contribution < 1.29 is 4.74 Å². The van der Waals surface area contributed by atoms with E-state index in [4.69, 9.17) is 4.74 Å². The second-order valence-electron chi connectivity index (χ2n) is 7.51. The summed E-state index contributed by atoms with van der Waals surface area (Å²) < 4.78 is 10.6. The van der Waals surface area contributed by atoms with Crippen molar-refractivity contribution in [2.45, 2.75) is 53.4 Å². The van der Waals surface area contributed by atoms with E-state index in [2.05, 4.69) is 67.9 Å². The molecule has 0 N–H and O–H groups in total. The van der Waals surface area contributed by atoms with Gasteiger partial charge in [0.05, 0.1) is 17.7 Å². The first-order valence-corrected chi connectivity index (χ1v) is 9.48. The molecule has 0 aliphatic heterocycles. The average molecular weight is 360 g/mol. The Morgan fingerprint density at radius 2 is 1.92 bits per heavy atom. The standard InChI is InChI=1S/C20H29N3OS/c1-8-9-23(7)13-21-16-10-15(3)17(11-14(16)2)24-19-12-18(22-25-19)20(4,5)6/h10-13H,8-9H2,1-7H3. The Balaban J connectivity index is 2.18. The van der Waals surface area contributed by atoms with E-state index < -0.39 is 0 Å². The highest BCUT2D eigenvalue weighted by molar-refractivity contribution is 7.07. The van der Waals surface area contributed by atoms with Gasteiger partial charge in [0.1, 0.15) is 5.75 Å². The number of benzene rings is 1. The third-order valence-electron chi connectivity index (χ3n) is 3.93. The van der Waals surface area contributed by atoms with Gasteiger partial charge in [-0.1, -0.05) is 27.7 Å². The fourth-order valence-electron chi connectivity index (χ4n) is 2.36. The molecule has 4 nitrogen and oxygen atoms in total. The van der Waals surface area contributed by atoms with Crippen LogP contribution in [0.2, 0.25) is 0 Å². The summed E-state index contributed by atoms with van der Waals surface area (Å²) in [7, 11) is 2.04. The van der Waals surface area contributed by atoms with Gasteiger partial charge in [-0.25, -0.2) is 4.99 Å². The monoisotopic (exact) mass is 359 g/mol. The number of aliphatic imine (C=N–C) groups is 1. The van der Waals surface area contributed by atoms with E-state index in [-0.39, 0.29) is 5.41 Å². The summed E-state index contributed by atoms with van der Waals surface area (Å²) in [5, 5.41) is 0.825. The molecule has 0 radical (unpaired) electrons. The molecule has 2 rings (SSSR count). The molecule has 0 bridgehead atoms. The van der Waals surface area contributed by atoms with Crippen LogP contribution in [-0.4, -0.2) is 29.2 Å². The third-order valence-corrected chi connectivity index (χ3v) is 4.60. The Morgan fingerprint density at radius 1 is 1.20 bits per heavy atom. The van der Waals surface area contributed by atoms with Gasteiger partial charge < -0.3 is 9.64 Å². The zero-order chi connectivity index (χ0) is 18.6. The SMILES string of the molecule is CCCN(C)C=Nc1cc(C)c(Oc2cc(C(C)(C)C)ns2)cc1C. The highest BCUT2D eigenvalue weighted by atomic mass is 32.1. The Hall–Kier alpha value is -1.88. The summed E-state index contributed by atoms with van der Waals surface area (Å²) in [6.07, 6.45) is 3.00. The number of hydrogen-bond donors (Lipinski definition) is 0. The van der Waals surface area contributed by atoms with E-state index in [1.807, 2.05) is 19.5 Å². The van der Waals surface area contributed by atoms with Crippen LogP contribution in [-0.2, 0) is 5.41 Å². The number of aromatic nitrogens is 1. The maximum absolute atomic E-state index is 6.08. The van der Waals surface area contributed by atoms with E-state index in [1.165, 1.54) is 11.5 Å². The van der Waals surface area contributed by atoms with Crippen LogP contribution >= 0.6 is 11.5 Å². The molecule has 5 heteroatoms. The van der Waals surface area contributed by atoms with Crippen LogP contribution in [0.3, 0.4) is 0 Å². The maximum atomic E-state index is 6.08. The first kappa shape index (κ1) is 19.4. The molecule has 0 saturated carbocycles. The van der Waals surface area contributed by atoms with Crippen molar-refractivity contribution in [3.05, 3.63) is 35.0 Å². The zero-order valence-electron chi connectivity index (χ0n) is 16.4. The van der Waals surface area contributed by atoms with Crippen LogP contribution in [0.25, 0.3) is 0 Å². The van der Waals surface area contributed by atoms with Gasteiger partial charge in [0.2, 0.25) is 0 Å². The summed E-state index contributed by atoms with van der Waals surface area (Å²) in [6.45, 7) is 13.7. The van der Waals surface area contributed by atoms with Crippen molar-refractivity contribution in [2.24, 2.45) is 4.99 Å². The maximum Gasteiger partial charge on any atom is 0.200 e.